The first-order valence-electron chi connectivity index (χ1n) is 11.2. The van der Waals surface area contributed by atoms with Gasteiger partial charge in [-0.05, 0) is 38.1 Å². The second kappa shape index (κ2) is 11.1. The van der Waals surface area contributed by atoms with Gasteiger partial charge in [-0.1, -0.05) is 30.3 Å². The molecule has 2 N–H and O–H groups in total. The van der Waals surface area contributed by atoms with Crippen LogP contribution >= 0.6 is 0 Å². The van der Waals surface area contributed by atoms with Crippen LogP contribution in [0.4, 0.5) is 5.69 Å². The first-order valence-corrected chi connectivity index (χ1v) is 11.2. The summed E-state index contributed by atoms with van der Waals surface area (Å²) in [6.45, 7) is 3.96. The van der Waals surface area contributed by atoms with E-state index in [1.54, 1.807) is 19.9 Å². The van der Waals surface area contributed by atoms with Crippen LogP contribution in [0.5, 0.6) is 5.75 Å². The number of rotatable bonds is 10. The van der Waals surface area contributed by atoms with Gasteiger partial charge in [0.1, 0.15) is 35.9 Å². The Hall–Kier alpha value is -4.47. The average Bonchev–Trinajstić information content (AvgIpc) is 3.53. The van der Waals surface area contributed by atoms with Crippen molar-refractivity contribution < 1.29 is 18.7 Å². The number of nitrogens with zero attached hydrogens (tertiary/aromatic N) is 4. The highest BCUT2D eigenvalue weighted by atomic mass is 16.5. The summed E-state index contributed by atoms with van der Waals surface area (Å²) in [5.41, 5.74) is 1.81. The Balaban J connectivity index is 1.37. The Bertz CT molecular complexity index is 1270. The molecule has 0 aliphatic rings. The minimum atomic E-state index is -0.508. The Labute approximate surface area is 202 Å². The van der Waals surface area contributed by atoms with E-state index >= 15 is 0 Å². The number of aryl methyl sites for hydroxylation is 1. The van der Waals surface area contributed by atoms with E-state index in [1.807, 2.05) is 48.5 Å². The second-order valence-corrected chi connectivity index (χ2v) is 7.80. The van der Waals surface area contributed by atoms with Crippen LogP contribution in [0.1, 0.15) is 30.8 Å². The van der Waals surface area contributed by atoms with Crippen molar-refractivity contribution in [1.82, 2.24) is 25.1 Å². The first kappa shape index (κ1) is 23.7. The highest BCUT2D eigenvalue weighted by molar-refractivity contribution is 5.94. The predicted molar refractivity (Wildman–Crippen MR) is 128 cm³/mol. The molecule has 2 aromatic heterocycles. The number of ether oxygens (including phenoxy) is 1. The van der Waals surface area contributed by atoms with Crippen LogP contribution in [-0.2, 0) is 16.1 Å². The summed E-state index contributed by atoms with van der Waals surface area (Å²) in [7, 11) is 0. The Kier molecular flexibility index (Phi) is 7.51. The predicted octanol–water partition coefficient (Wildman–Crippen LogP) is 3.53. The molecule has 35 heavy (non-hydrogen) atoms. The Morgan fingerprint density at radius 3 is 2.66 bits per heavy atom. The minimum absolute atomic E-state index is 0.189. The number of amides is 2. The van der Waals surface area contributed by atoms with E-state index in [2.05, 4.69) is 25.7 Å². The molecule has 4 rings (SSSR count). The lowest BCUT2D eigenvalue weighted by molar-refractivity contribution is -0.124. The number of nitrogens with one attached hydrogen (secondary N) is 2. The number of para-hydroxylation sites is 2. The lowest BCUT2D eigenvalue weighted by Gasteiger charge is -2.11. The van der Waals surface area contributed by atoms with E-state index in [4.69, 9.17) is 9.15 Å². The lowest BCUT2D eigenvalue weighted by Crippen LogP contribution is -2.31. The van der Waals surface area contributed by atoms with Gasteiger partial charge in [0.25, 0.3) is 0 Å². The zero-order valence-electron chi connectivity index (χ0n) is 19.5. The van der Waals surface area contributed by atoms with Crippen LogP contribution in [0.15, 0.2) is 71.7 Å². The number of oxazole rings is 1. The number of anilines is 1. The summed E-state index contributed by atoms with van der Waals surface area (Å²) >= 11 is 0. The van der Waals surface area contributed by atoms with Crippen LogP contribution in [0.2, 0.25) is 0 Å². The van der Waals surface area contributed by atoms with E-state index in [-0.39, 0.29) is 31.4 Å². The summed E-state index contributed by atoms with van der Waals surface area (Å²) in [5.74, 6) is 1.24. The molecule has 2 amide bonds. The molecular weight excluding hydrogens is 448 g/mol. The molecule has 1 unspecified atom stereocenters. The fourth-order valence-corrected chi connectivity index (χ4v) is 3.33. The molecule has 0 saturated carbocycles. The van der Waals surface area contributed by atoms with Gasteiger partial charge in [-0.15, -0.1) is 0 Å². The fraction of sp³-hybridized carbons (Fsp3) is 0.240. The summed E-state index contributed by atoms with van der Waals surface area (Å²) < 4.78 is 12.9. The van der Waals surface area contributed by atoms with Gasteiger partial charge >= 0.3 is 0 Å². The monoisotopic (exact) mass is 474 g/mol. The summed E-state index contributed by atoms with van der Waals surface area (Å²) in [6.07, 6.45) is 3.06. The third-order valence-corrected chi connectivity index (χ3v) is 5.31. The Morgan fingerprint density at radius 2 is 1.89 bits per heavy atom. The van der Waals surface area contributed by atoms with Gasteiger partial charge < -0.3 is 19.8 Å². The molecule has 0 saturated heterocycles. The highest BCUT2D eigenvalue weighted by Gasteiger charge is 2.19. The third-order valence-electron chi connectivity index (χ3n) is 5.31. The smallest absolute Gasteiger partial charge is 0.244 e. The zero-order valence-corrected chi connectivity index (χ0v) is 19.5. The molecule has 4 aromatic rings. The number of aromatic nitrogens is 4. The molecule has 2 heterocycles. The molecule has 0 bridgehead atoms. The van der Waals surface area contributed by atoms with Crippen molar-refractivity contribution in [2.45, 2.75) is 32.9 Å². The molecule has 0 aliphatic heterocycles. The molecule has 0 fully saturated rings. The number of benzene rings is 2. The molecule has 10 nitrogen and oxygen atoms in total. The van der Waals surface area contributed by atoms with Crippen LogP contribution in [0.25, 0.3) is 11.5 Å². The van der Waals surface area contributed by atoms with Gasteiger partial charge in [-0.2, -0.15) is 5.10 Å². The largest absolute Gasteiger partial charge is 0.493 e. The molecule has 10 heteroatoms. The Morgan fingerprint density at radius 1 is 1.11 bits per heavy atom. The van der Waals surface area contributed by atoms with Crippen molar-refractivity contribution in [3.05, 3.63) is 78.7 Å². The lowest BCUT2D eigenvalue weighted by atomic mass is 10.1. The normalized spacial score (nSPS) is 11.6. The molecule has 0 radical (unpaired) electrons. The average molecular weight is 475 g/mol. The third kappa shape index (κ3) is 6.11. The van der Waals surface area contributed by atoms with E-state index < -0.39 is 6.04 Å². The number of carbonyl (C=O) groups excluding carboxylic acids is 2. The van der Waals surface area contributed by atoms with Crippen molar-refractivity contribution in [3.63, 3.8) is 0 Å². The molecule has 1 atom stereocenters. The quantitative estimate of drug-likeness (QED) is 0.360. The van der Waals surface area contributed by atoms with Crippen molar-refractivity contribution in [2.75, 3.05) is 11.9 Å². The van der Waals surface area contributed by atoms with Gasteiger partial charge in [-0.3, -0.25) is 9.59 Å². The van der Waals surface area contributed by atoms with Gasteiger partial charge in [-0.25, -0.2) is 14.6 Å². The van der Waals surface area contributed by atoms with Crippen LogP contribution in [-0.4, -0.2) is 38.2 Å². The van der Waals surface area contributed by atoms with Gasteiger partial charge in [0, 0.05) is 0 Å². The maximum atomic E-state index is 12.5. The standard InChI is InChI=1S/C25H26N6O4/c1-17(31-16-26-15-28-31)24(33)27-14-22-18(2)35-25(30-22)20-10-6-7-11-21(20)29-23(32)12-13-34-19-8-4-3-5-9-19/h3-11,15-17H,12-14H2,1-2H3,(H,27,33)(H,29,32). The van der Waals surface area contributed by atoms with Gasteiger partial charge in [0.15, 0.2) is 0 Å². The first-order chi connectivity index (χ1) is 17.0. The maximum absolute atomic E-state index is 12.5. The SMILES string of the molecule is Cc1oc(-c2ccccc2NC(=O)CCOc2ccccc2)nc1CNC(=O)C(C)n1cncn1. The molecular formula is C25H26N6O4. The summed E-state index contributed by atoms with van der Waals surface area (Å²) in [4.78, 5) is 33.3. The van der Waals surface area contributed by atoms with Crippen molar-refractivity contribution in [1.29, 1.82) is 0 Å². The maximum Gasteiger partial charge on any atom is 0.244 e. The van der Waals surface area contributed by atoms with Crippen molar-refractivity contribution >= 4 is 17.5 Å². The molecule has 2 aromatic carbocycles. The van der Waals surface area contributed by atoms with Crippen LogP contribution in [0, 0.1) is 6.92 Å². The summed E-state index contributed by atoms with van der Waals surface area (Å²) in [5, 5.41) is 9.73. The topological polar surface area (TPSA) is 124 Å². The number of carbonyl (C=O) groups is 2. The van der Waals surface area contributed by atoms with E-state index in [0.29, 0.717) is 34.3 Å². The highest BCUT2D eigenvalue weighted by Crippen LogP contribution is 2.29. The van der Waals surface area contributed by atoms with E-state index in [0.717, 1.165) is 0 Å². The van der Waals surface area contributed by atoms with Crippen molar-refractivity contribution in [3.8, 4) is 17.2 Å². The van der Waals surface area contributed by atoms with Crippen LogP contribution < -0.4 is 15.4 Å². The molecule has 0 aliphatic carbocycles. The molecule has 0 spiro atoms. The number of hydrogen-bond donors (Lipinski definition) is 2. The molecule has 180 valence electrons. The van der Waals surface area contributed by atoms with Crippen molar-refractivity contribution in [2.24, 2.45) is 0 Å². The fourth-order valence-electron chi connectivity index (χ4n) is 3.33. The minimum Gasteiger partial charge on any atom is -0.493 e. The summed E-state index contributed by atoms with van der Waals surface area (Å²) in [6, 6.07) is 16.1. The second-order valence-electron chi connectivity index (χ2n) is 7.80. The van der Waals surface area contributed by atoms with Gasteiger partial charge in [0.2, 0.25) is 17.7 Å². The number of hydrogen-bond acceptors (Lipinski definition) is 7. The zero-order chi connectivity index (χ0) is 24.6. The van der Waals surface area contributed by atoms with E-state index in [9.17, 15) is 9.59 Å². The van der Waals surface area contributed by atoms with Gasteiger partial charge in [0.05, 0.1) is 30.8 Å². The van der Waals surface area contributed by atoms with E-state index in [1.165, 1.54) is 17.3 Å². The van der Waals surface area contributed by atoms with Crippen LogP contribution in [0.3, 0.4) is 0 Å².